The van der Waals surface area contributed by atoms with Crippen molar-refractivity contribution in [3.05, 3.63) is 34.9 Å². The second-order valence-corrected chi connectivity index (χ2v) is 4.70. The number of ether oxygens (including phenoxy) is 2. The summed E-state index contributed by atoms with van der Waals surface area (Å²) in [4.78, 5) is 4.36. The molecular formula is C14H18ClN3O2. The molecule has 0 saturated carbocycles. The molecule has 0 aliphatic carbocycles. The number of methoxy groups -OCH3 is 2. The zero-order valence-electron chi connectivity index (χ0n) is 12.1. The third-order valence-electron chi connectivity index (χ3n) is 3.33. The predicted octanol–water partition coefficient (Wildman–Crippen LogP) is 2.70. The normalized spacial score (nSPS) is 10.7. The Labute approximate surface area is 123 Å². The Morgan fingerprint density at radius 3 is 2.55 bits per heavy atom. The van der Waals surface area contributed by atoms with Crippen LogP contribution in [-0.2, 0) is 12.4 Å². The Hall–Kier alpha value is -1.75. The van der Waals surface area contributed by atoms with Crippen LogP contribution in [0.5, 0.6) is 11.5 Å². The van der Waals surface area contributed by atoms with E-state index in [0.29, 0.717) is 23.9 Å². The minimum absolute atomic E-state index is 0.459. The molecule has 20 heavy (non-hydrogen) atoms. The number of alkyl halides is 1. The van der Waals surface area contributed by atoms with E-state index in [2.05, 4.69) is 10.1 Å². The first-order valence-corrected chi connectivity index (χ1v) is 6.80. The van der Waals surface area contributed by atoms with Crippen LogP contribution in [0.15, 0.2) is 12.3 Å². The van der Waals surface area contributed by atoms with E-state index in [1.807, 2.05) is 18.5 Å². The van der Waals surface area contributed by atoms with Crippen LogP contribution in [-0.4, -0.2) is 29.0 Å². The maximum Gasteiger partial charge on any atom is 0.184 e. The molecule has 0 saturated heterocycles. The number of hydrogen-bond donors (Lipinski definition) is 0. The van der Waals surface area contributed by atoms with E-state index in [9.17, 15) is 0 Å². The van der Waals surface area contributed by atoms with Gasteiger partial charge in [-0.1, -0.05) is 0 Å². The van der Waals surface area contributed by atoms with Crippen LogP contribution < -0.4 is 9.47 Å². The summed E-state index contributed by atoms with van der Waals surface area (Å²) in [6.45, 7) is 4.48. The second kappa shape index (κ2) is 6.13. The van der Waals surface area contributed by atoms with Crippen LogP contribution in [0.25, 0.3) is 0 Å². The van der Waals surface area contributed by atoms with Gasteiger partial charge in [-0.2, -0.15) is 5.10 Å². The van der Waals surface area contributed by atoms with E-state index in [0.717, 1.165) is 22.6 Å². The van der Waals surface area contributed by atoms with Gasteiger partial charge in [0.25, 0.3) is 0 Å². The average Bonchev–Trinajstić information content (AvgIpc) is 2.72. The van der Waals surface area contributed by atoms with Crippen molar-refractivity contribution in [3.63, 3.8) is 0 Å². The highest BCUT2D eigenvalue weighted by Gasteiger charge is 2.15. The highest BCUT2D eigenvalue weighted by atomic mass is 35.5. The summed E-state index contributed by atoms with van der Waals surface area (Å²) in [7, 11) is 3.21. The highest BCUT2D eigenvalue weighted by Crippen LogP contribution is 2.30. The molecule has 5 nitrogen and oxygen atoms in total. The Kier molecular flexibility index (Phi) is 4.49. The van der Waals surface area contributed by atoms with Gasteiger partial charge in [0.15, 0.2) is 11.5 Å². The zero-order chi connectivity index (χ0) is 14.7. The van der Waals surface area contributed by atoms with Crippen LogP contribution in [0.3, 0.4) is 0 Å². The first-order chi connectivity index (χ1) is 9.62. The van der Waals surface area contributed by atoms with Crippen LogP contribution in [0, 0.1) is 13.8 Å². The van der Waals surface area contributed by atoms with Crippen molar-refractivity contribution < 1.29 is 9.47 Å². The van der Waals surface area contributed by atoms with Crippen molar-refractivity contribution in [3.8, 4) is 11.5 Å². The molecule has 0 N–H and O–H groups in total. The molecule has 0 spiro atoms. The van der Waals surface area contributed by atoms with Gasteiger partial charge in [0, 0.05) is 23.5 Å². The molecule has 0 aromatic carbocycles. The fourth-order valence-corrected chi connectivity index (χ4v) is 2.57. The molecular weight excluding hydrogens is 278 g/mol. The Morgan fingerprint density at radius 1 is 1.25 bits per heavy atom. The van der Waals surface area contributed by atoms with Crippen molar-refractivity contribution in [2.24, 2.45) is 0 Å². The zero-order valence-corrected chi connectivity index (χ0v) is 12.9. The average molecular weight is 296 g/mol. The number of pyridine rings is 1. The molecule has 108 valence electrons. The van der Waals surface area contributed by atoms with Gasteiger partial charge < -0.3 is 9.47 Å². The molecule has 0 aliphatic rings. The first kappa shape index (κ1) is 14.7. The number of nitrogens with zero attached hydrogens (tertiary/aromatic N) is 3. The molecule has 2 aromatic rings. The van der Waals surface area contributed by atoms with Gasteiger partial charge in [-0.3, -0.25) is 9.67 Å². The lowest BCUT2D eigenvalue weighted by Crippen LogP contribution is -2.08. The topological polar surface area (TPSA) is 49.2 Å². The summed E-state index contributed by atoms with van der Waals surface area (Å²) >= 11 is 5.95. The molecule has 2 rings (SSSR count). The molecule has 0 bridgehead atoms. The van der Waals surface area contributed by atoms with Crippen molar-refractivity contribution >= 4 is 11.6 Å². The van der Waals surface area contributed by atoms with Gasteiger partial charge in [-0.25, -0.2) is 0 Å². The van der Waals surface area contributed by atoms with Gasteiger partial charge in [0.05, 0.1) is 32.3 Å². The van der Waals surface area contributed by atoms with E-state index < -0.39 is 0 Å². The molecule has 2 heterocycles. The molecule has 0 amide bonds. The summed E-state index contributed by atoms with van der Waals surface area (Å²) in [6.07, 6.45) is 1.70. The third-order valence-corrected chi connectivity index (χ3v) is 3.60. The number of aryl methyl sites for hydroxylation is 1. The molecule has 6 heteroatoms. The van der Waals surface area contributed by atoms with E-state index in [1.54, 1.807) is 26.5 Å². The summed E-state index contributed by atoms with van der Waals surface area (Å²) in [6, 6.07) is 1.77. The number of rotatable bonds is 5. The second-order valence-electron chi connectivity index (χ2n) is 4.43. The number of hydrogen-bond acceptors (Lipinski definition) is 4. The lowest BCUT2D eigenvalue weighted by Gasteiger charge is -2.12. The fraction of sp³-hybridized carbons (Fsp3) is 0.429. The monoisotopic (exact) mass is 295 g/mol. The summed E-state index contributed by atoms with van der Waals surface area (Å²) in [5.41, 5.74) is 3.83. The van der Waals surface area contributed by atoms with Gasteiger partial charge in [0.2, 0.25) is 0 Å². The lowest BCUT2D eigenvalue weighted by atomic mass is 10.2. The molecule has 2 aromatic heterocycles. The summed E-state index contributed by atoms with van der Waals surface area (Å²) < 4.78 is 12.6. The van der Waals surface area contributed by atoms with Crippen molar-refractivity contribution in [2.45, 2.75) is 26.3 Å². The standard InChI is InChI=1S/C14H18ClN3O2/c1-9-11(7-15)10(2)18(17-9)8-12-14(20-4)13(19-3)5-6-16-12/h5-6H,7-8H2,1-4H3. The van der Waals surface area contributed by atoms with Crippen LogP contribution in [0.1, 0.15) is 22.6 Å². The fourth-order valence-electron chi connectivity index (χ4n) is 2.19. The minimum atomic E-state index is 0.459. The maximum absolute atomic E-state index is 5.95. The van der Waals surface area contributed by atoms with E-state index >= 15 is 0 Å². The van der Waals surface area contributed by atoms with E-state index in [1.165, 1.54) is 0 Å². The SMILES string of the molecule is COc1ccnc(Cn2nc(C)c(CCl)c2C)c1OC. The van der Waals surface area contributed by atoms with Gasteiger partial charge >= 0.3 is 0 Å². The van der Waals surface area contributed by atoms with Crippen LogP contribution >= 0.6 is 11.6 Å². The Bertz CT molecular complexity index is 611. The first-order valence-electron chi connectivity index (χ1n) is 6.27. The van der Waals surface area contributed by atoms with Crippen molar-refractivity contribution in [1.29, 1.82) is 0 Å². The summed E-state index contributed by atoms with van der Waals surface area (Å²) in [5.74, 6) is 1.76. The van der Waals surface area contributed by atoms with Crippen molar-refractivity contribution in [1.82, 2.24) is 14.8 Å². The molecule has 0 atom stereocenters. The Balaban J connectivity index is 2.40. The molecule has 0 unspecified atom stereocenters. The molecule has 0 radical (unpaired) electrons. The molecule has 0 fully saturated rings. The van der Waals surface area contributed by atoms with E-state index in [4.69, 9.17) is 21.1 Å². The van der Waals surface area contributed by atoms with Crippen LogP contribution in [0.4, 0.5) is 0 Å². The van der Waals surface area contributed by atoms with Gasteiger partial charge in [-0.15, -0.1) is 11.6 Å². The molecule has 0 aliphatic heterocycles. The van der Waals surface area contributed by atoms with Gasteiger partial charge in [-0.05, 0) is 13.8 Å². The smallest absolute Gasteiger partial charge is 0.184 e. The summed E-state index contributed by atoms with van der Waals surface area (Å²) in [5, 5.41) is 4.50. The number of halogens is 1. The number of aromatic nitrogens is 3. The largest absolute Gasteiger partial charge is 0.493 e. The minimum Gasteiger partial charge on any atom is -0.493 e. The van der Waals surface area contributed by atoms with Crippen molar-refractivity contribution in [2.75, 3.05) is 14.2 Å². The Morgan fingerprint density at radius 2 is 2.00 bits per heavy atom. The third kappa shape index (κ3) is 2.58. The van der Waals surface area contributed by atoms with Crippen LogP contribution in [0.2, 0.25) is 0 Å². The van der Waals surface area contributed by atoms with Gasteiger partial charge in [0.1, 0.15) is 5.69 Å². The predicted molar refractivity (Wildman–Crippen MR) is 77.7 cm³/mol. The van der Waals surface area contributed by atoms with E-state index in [-0.39, 0.29) is 0 Å². The quantitative estimate of drug-likeness (QED) is 0.796. The lowest BCUT2D eigenvalue weighted by molar-refractivity contribution is 0.347. The highest BCUT2D eigenvalue weighted by molar-refractivity contribution is 6.17. The maximum atomic E-state index is 5.95.